The average Bonchev–Trinajstić information content (AvgIpc) is 2.61. The zero-order valence-electron chi connectivity index (χ0n) is 9.35. The molecule has 86 valence electrons. The number of nitrogens with zero attached hydrogens (tertiary/aromatic N) is 1. The molecule has 4 heteroatoms. The minimum atomic E-state index is -0.314. The summed E-state index contributed by atoms with van der Waals surface area (Å²) in [4.78, 5) is 13.4. The summed E-state index contributed by atoms with van der Waals surface area (Å²) >= 11 is 0. The van der Waals surface area contributed by atoms with Crippen LogP contribution in [0, 0.1) is 0 Å². The van der Waals surface area contributed by atoms with Crippen molar-refractivity contribution >= 4 is 5.91 Å². The van der Waals surface area contributed by atoms with Crippen LogP contribution in [0.1, 0.15) is 12.0 Å². The maximum Gasteiger partial charge on any atom is 0.239 e. The molecule has 0 aromatic heterocycles. The van der Waals surface area contributed by atoms with Crippen LogP contribution < -0.4 is 10.5 Å². The van der Waals surface area contributed by atoms with E-state index in [4.69, 9.17) is 10.5 Å². The van der Waals surface area contributed by atoms with Gasteiger partial charge in [-0.2, -0.15) is 0 Å². The molecule has 4 nitrogen and oxygen atoms in total. The van der Waals surface area contributed by atoms with Gasteiger partial charge in [-0.15, -0.1) is 0 Å². The van der Waals surface area contributed by atoms with E-state index in [-0.39, 0.29) is 11.9 Å². The van der Waals surface area contributed by atoms with E-state index < -0.39 is 0 Å². The summed E-state index contributed by atoms with van der Waals surface area (Å²) in [6, 6.07) is 7.43. The van der Waals surface area contributed by atoms with Crippen molar-refractivity contribution in [1.82, 2.24) is 4.90 Å². The first kappa shape index (κ1) is 11.0. The summed E-state index contributed by atoms with van der Waals surface area (Å²) in [5, 5.41) is 0. The molecule has 0 radical (unpaired) electrons. The number of hydrogen-bond donors (Lipinski definition) is 1. The molecule has 1 aromatic rings. The predicted octanol–water partition coefficient (Wildman–Crippen LogP) is 0.755. The van der Waals surface area contributed by atoms with Crippen LogP contribution in [0.5, 0.6) is 5.75 Å². The van der Waals surface area contributed by atoms with Gasteiger partial charge in [-0.25, -0.2) is 0 Å². The second kappa shape index (κ2) is 4.53. The Morgan fingerprint density at radius 3 is 3.00 bits per heavy atom. The fourth-order valence-corrected chi connectivity index (χ4v) is 1.91. The Morgan fingerprint density at radius 1 is 1.56 bits per heavy atom. The van der Waals surface area contributed by atoms with E-state index in [1.165, 1.54) is 0 Å². The van der Waals surface area contributed by atoms with E-state index in [0.29, 0.717) is 6.54 Å². The van der Waals surface area contributed by atoms with Crippen LogP contribution in [-0.2, 0) is 11.3 Å². The molecule has 1 unspecified atom stereocenters. The SMILES string of the molecule is COc1cccc(CN2CCC(N)C2=O)c1. The number of hydrogen-bond acceptors (Lipinski definition) is 3. The minimum absolute atomic E-state index is 0.0443. The van der Waals surface area contributed by atoms with Crippen molar-refractivity contribution in [1.29, 1.82) is 0 Å². The molecule has 0 spiro atoms. The first-order valence-corrected chi connectivity index (χ1v) is 5.38. The van der Waals surface area contributed by atoms with Crippen molar-refractivity contribution in [2.75, 3.05) is 13.7 Å². The molecule has 1 heterocycles. The molecule has 1 fully saturated rings. The summed E-state index contributed by atoms with van der Waals surface area (Å²) in [6.07, 6.45) is 0.753. The number of ether oxygens (including phenoxy) is 1. The predicted molar refractivity (Wildman–Crippen MR) is 61.0 cm³/mol. The lowest BCUT2D eigenvalue weighted by molar-refractivity contribution is -0.129. The van der Waals surface area contributed by atoms with Crippen molar-refractivity contribution in [3.05, 3.63) is 29.8 Å². The van der Waals surface area contributed by atoms with Gasteiger partial charge in [-0.3, -0.25) is 4.79 Å². The monoisotopic (exact) mass is 220 g/mol. The summed E-state index contributed by atoms with van der Waals surface area (Å²) in [7, 11) is 1.63. The maximum absolute atomic E-state index is 11.6. The van der Waals surface area contributed by atoms with E-state index in [2.05, 4.69) is 0 Å². The molecule has 0 saturated carbocycles. The lowest BCUT2D eigenvalue weighted by atomic mass is 10.2. The summed E-state index contributed by atoms with van der Waals surface area (Å²) < 4.78 is 5.14. The smallest absolute Gasteiger partial charge is 0.239 e. The number of carbonyl (C=O) groups excluding carboxylic acids is 1. The lowest BCUT2D eigenvalue weighted by Crippen LogP contribution is -2.33. The number of benzene rings is 1. The molecule has 1 aliphatic rings. The standard InChI is InChI=1S/C12H16N2O2/c1-16-10-4-2-3-9(7-10)8-14-6-5-11(13)12(14)15/h2-4,7,11H,5-6,8,13H2,1H3. The Labute approximate surface area is 95.0 Å². The molecule has 1 aromatic carbocycles. The van der Waals surface area contributed by atoms with Gasteiger partial charge in [-0.1, -0.05) is 12.1 Å². The number of amides is 1. The third-order valence-electron chi connectivity index (χ3n) is 2.85. The van der Waals surface area contributed by atoms with Gasteiger partial charge in [0.25, 0.3) is 0 Å². The molecule has 0 aliphatic carbocycles. The topological polar surface area (TPSA) is 55.6 Å². The number of carbonyl (C=O) groups is 1. The molecular formula is C12H16N2O2. The minimum Gasteiger partial charge on any atom is -0.497 e. The van der Waals surface area contributed by atoms with Crippen molar-refractivity contribution in [3.63, 3.8) is 0 Å². The Balaban J connectivity index is 2.06. The number of methoxy groups -OCH3 is 1. The van der Waals surface area contributed by atoms with Gasteiger partial charge < -0.3 is 15.4 Å². The Kier molecular flexibility index (Phi) is 3.10. The van der Waals surface area contributed by atoms with Crippen molar-refractivity contribution in [2.24, 2.45) is 5.73 Å². The molecule has 16 heavy (non-hydrogen) atoms. The summed E-state index contributed by atoms with van der Waals surface area (Å²) in [6.45, 7) is 1.36. The summed E-state index contributed by atoms with van der Waals surface area (Å²) in [5.41, 5.74) is 6.73. The Hall–Kier alpha value is -1.55. The largest absolute Gasteiger partial charge is 0.497 e. The highest BCUT2D eigenvalue weighted by Gasteiger charge is 2.28. The normalized spacial score (nSPS) is 20.2. The van der Waals surface area contributed by atoms with Crippen molar-refractivity contribution in [2.45, 2.75) is 19.0 Å². The maximum atomic E-state index is 11.6. The summed E-state index contributed by atoms with van der Waals surface area (Å²) in [5.74, 6) is 0.858. The van der Waals surface area contributed by atoms with Crippen LogP contribution >= 0.6 is 0 Å². The van der Waals surface area contributed by atoms with Gasteiger partial charge in [0.2, 0.25) is 5.91 Å². The molecule has 2 N–H and O–H groups in total. The molecule has 1 aliphatic heterocycles. The second-order valence-electron chi connectivity index (χ2n) is 4.01. The third-order valence-corrected chi connectivity index (χ3v) is 2.85. The zero-order valence-corrected chi connectivity index (χ0v) is 9.35. The van der Waals surface area contributed by atoms with Crippen LogP contribution in [0.2, 0.25) is 0 Å². The van der Waals surface area contributed by atoms with Crippen LogP contribution in [-0.4, -0.2) is 30.5 Å². The quantitative estimate of drug-likeness (QED) is 0.818. The van der Waals surface area contributed by atoms with Gasteiger partial charge in [0.05, 0.1) is 13.2 Å². The van der Waals surface area contributed by atoms with Gasteiger partial charge >= 0.3 is 0 Å². The first-order valence-electron chi connectivity index (χ1n) is 5.38. The van der Waals surface area contributed by atoms with Crippen LogP contribution in [0.15, 0.2) is 24.3 Å². The first-order chi connectivity index (χ1) is 7.70. The molecule has 1 amide bonds. The van der Waals surface area contributed by atoms with Crippen LogP contribution in [0.25, 0.3) is 0 Å². The van der Waals surface area contributed by atoms with Crippen LogP contribution in [0.3, 0.4) is 0 Å². The van der Waals surface area contributed by atoms with Gasteiger partial charge in [0, 0.05) is 13.1 Å². The average molecular weight is 220 g/mol. The van der Waals surface area contributed by atoms with E-state index >= 15 is 0 Å². The molecular weight excluding hydrogens is 204 g/mol. The van der Waals surface area contributed by atoms with Gasteiger partial charge in [0.1, 0.15) is 5.75 Å². The van der Waals surface area contributed by atoms with Gasteiger partial charge in [0.15, 0.2) is 0 Å². The molecule has 1 atom stereocenters. The van der Waals surface area contributed by atoms with Gasteiger partial charge in [-0.05, 0) is 24.1 Å². The van der Waals surface area contributed by atoms with Crippen LogP contribution in [0.4, 0.5) is 0 Å². The fourth-order valence-electron chi connectivity index (χ4n) is 1.91. The van der Waals surface area contributed by atoms with E-state index in [0.717, 1.165) is 24.3 Å². The lowest BCUT2D eigenvalue weighted by Gasteiger charge is -2.16. The molecule has 2 rings (SSSR count). The number of rotatable bonds is 3. The Bertz CT molecular complexity index is 392. The number of nitrogens with two attached hydrogens (primary N) is 1. The fraction of sp³-hybridized carbons (Fsp3) is 0.417. The molecule has 0 bridgehead atoms. The van der Waals surface area contributed by atoms with E-state index in [9.17, 15) is 4.79 Å². The molecule has 1 saturated heterocycles. The highest BCUT2D eigenvalue weighted by Crippen LogP contribution is 2.17. The highest BCUT2D eigenvalue weighted by molar-refractivity contribution is 5.83. The third kappa shape index (κ3) is 2.17. The van der Waals surface area contributed by atoms with Crippen molar-refractivity contribution in [3.8, 4) is 5.75 Å². The Morgan fingerprint density at radius 2 is 2.38 bits per heavy atom. The highest BCUT2D eigenvalue weighted by atomic mass is 16.5. The van der Waals surface area contributed by atoms with E-state index in [1.807, 2.05) is 24.3 Å². The second-order valence-corrected chi connectivity index (χ2v) is 4.01. The van der Waals surface area contributed by atoms with Crippen molar-refractivity contribution < 1.29 is 9.53 Å². The zero-order chi connectivity index (χ0) is 11.5. The van der Waals surface area contributed by atoms with E-state index in [1.54, 1.807) is 12.0 Å². The number of likely N-dealkylation sites (tertiary alicyclic amines) is 1.